The Kier molecular flexibility index (Phi) is 9.16. The molecule has 14 heteroatoms. The smallest absolute Gasteiger partial charge is 0.376 e. The molecule has 1 fully saturated rings. The van der Waals surface area contributed by atoms with Gasteiger partial charge in [0.15, 0.2) is 5.60 Å². The third-order valence-corrected chi connectivity index (χ3v) is 10.6. The van der Waals surface area contributed by atoms with Gasteiger partial charge in [-0.1, -0.05) is 50.4 Å². The van der Waals surface area contributed by atoms with Crippen LogP contribution in [0.25, 0.3) is 0 Å². The number of thiocarbonyl (C=S) groups is 1. The summed E-state index contributed by atoms with van der Waals surface area (Å²) in [5, 5.41) is 9.98. The minimum Gasteiger partial charge on any atom is -0.376 e. The number of hydrogen-bond acceptors (Lipinski definition) is 7. The third kappa shape index (κ3) is 6.83. The van der Waals surface area contributed by atoms with E-state index in [2.05, 4.69) is 4.72 Å². The molecular formula is C24H32F3N3O5S3. The molecule has 1 aliphatic carbocycles. The summed E-state index contributed by atoms with van der Waals surface area (Å²) in [5.74, 6) is -0.246. The van der Waals surface area contributed by atoms with E-state index in [1.54, 1.807) is 30.9 Å². The van der Waals surface area contributed by atoms with Crippen LogP contribution in [0, 0.1) is 5.92 Å². The first kappa shape index (κ1) is 30.7. The van der Waals surface area contributed by atoms with Gasteiger partial charge < -0.3 is 10.0 Å². The number of benzene rings is 1. The van der Waals surface area contributed by atoms with Gasteiger partial charge in [-0.2, -0.15) is 17.5 Å². The molecule has 3 rings (SSSR count). The number of nitrogens with one attached hydrogen (secondary N) is 1. The fraction of sp³-hybridized carbons (Fsp3) is 0.542. The Morgan fingerprint density at radius 2 is 1.76 bits per heavy atom. The van der Waals surface area contributed by atoms with E-state index < -0.39 is 37.9 Å². The van der Waals surface area contributed by atoms with Crippen molar-refractivity contribution in [1.29, 1.82) is 0 Å². The summed E-state index contributed by atoms with van der Waals surface area (Å²) in [6.45, 7) is 4.20. The average molecular weight is 596 g/mol. The van der Waals surface area contributed by atoms with Crippen LogP contribution < -0.4 is 9.62 Å². The Labute approximate surface area is 227 Å². The van der Waals surface area contributed by atoms with Crippen LogP contribution in [-0.2, 0) is 25.6 Å². The number of nitrogens with zero attached hydrogens (tertiary/aromatic N) is 2. The molecule has 0 amide bonds. The number of halogens is 3. The van der Waals surface area contributed by atoms with E-state index in [1.165, 1.54) is 22.5 Å². The van der Waals surface area contributed by atoms with Crippen LogP contribution in [-0.4, -0.2) is 75.3 Å². The highest BCUT2D eigenvalue weighted by atomic mass is 32.2. The molecule has 8 nitrogen and oxygen atoms in total. The maximum Gasteiger partial charge on any atom is 0.421 e. The summed E-state index contributed by atoms with van der Waals surface area (Å²) >= 11 is 5.25. The van der Waals surface area contributed by atoms with Crippen LogP contribution >= 0.6 is 12.2 Å². The summed E-state index contributed by atoms with van der Waals surface area (Å²) in [6, 6.07) is 4.45. The molecule has 0 unspecified atom stereocenters. The second-order valence-corrected chi connectivity index (χ2v) is 14.2. The molecular weight excluding hydrogens is 563 g/mol. The maximum atomic E-state index is 13.4. The molecule has 1 aromatic carbocycles. The lowest BCUT2D eigenvalue weighted by Gasteiger charge is -2.42. The predicted molar refractivity (Wildman–Crippen MR) is 145 cm³/mol. The molecule has 0 aromatic heterocycles. The predicted octanol–water partition coefficient (Wildman–Crippen LogP) is 3.07. The van der Waals surface area contributed by atoms with Crippen molar-refractivity contribution in [3.05, 3.63) is 53.0 Å². The van der Waals surface area contributed by atoms with Gasteiger partial charge in [-0.15, -0.1) is 0 Å². The molecule has 38 heavy (non-hydrogen) atoms. The fourth-order valence-corrected chi connectivity index (χ4v) is 7.83. The van der Waals surface area contributed by atoms with Gasteiger partial charge in [0.25, 0.3) is 0 Å². The van der Waals surface area contributed by atoms with Gasteiger partial charge in [0, 0.05) is 43.2 Å². The van der Waals surface area contributed by atoms with Crippen molar-refractivity contribution >= 4 is 42.8 Å². The van der Waals surface area contributed by atoms with Crippen LogP contribution in [0.1, 0.15) is 32.8 Å². The highest BCUT2D eigenvalue weighted by Crippen LogP contribution is 2.39. The number of rotatable bonds is 9. The largest absolute Gasteiger partial charge is 0.421 e. The molecule has 0 bridgehead atoms. The molecule has 0 radical (unpaired) electrons. The summed E-state index contributed by atoms with van der Waals surface area (Å²) in [6.07, 6.45) is 0.264. The molecule has 2 atom stereocenters. The molecule has 2 N–H and O–H groups in total. The zero-order chi connectivity index (χ0) is 28.5. The number of allylic oxidation sites excluding steroid dienone is 4. The standard InChI is InChI=1S/C24H32F3N3O5S3/c1-17(2)16-37(32,33)28-14-20-15-29(38(34,35)22-7-5-4-6-21(22)36)12-13-30(20)19-10-8-18(9-11-19)23(3,31)24(25,26)27/h4-5,7-11,17,20,28,31H,6,12-16H2,1-3H3/t20-,23+/m0/s1. The van der Waals surface area contributed by atoms with Gasteiger partial charge in [-0.25, -0.2) is 21.6 Å². The van der Waals surface area contributed by atoms with E-state index >= 15 is 0 Å². The van der Waals surface area contributed by atoms with Crippen molar-refractivity contribution in [3.63, 3.8) is 0 Å². The first-order valence-electron chi connectivity index (χ1n) is 12.0. The van der Waals surface area contributed by atoms with Gasteiger partial charge in [0.1, 0.15) is 0 Å². The summed E-state index contributed by atoms with van der Waals surface area (Å²) in [7, 11) is -7.60. The highest BCUT2D eigenvalue weighted by molar-refractivity contribution is 7.96. The first-order chi connectivity index (χ1) is 17.5. The summed E-state index contributed by atoms with van der Waals surface area (Å²) in [5.41, 5.74) is -2.94. The zero-order valence-electron chi connectivity index (χ0n) is 21.3. The van der Waals surface area contributed by atoms with Crippen molar-refractivity contribution < 1.29 is 35.1 Å². The lowest BCUT2D eigenvalue weighted by Crippen LogP contribution is -2.58. The molecule has 0 saturated carbocycles. The average Bonchev–Trinajstić information content (AvgIpc) is 2.81. The number of anilines is 1. The lowest BCUT2D eigenvalue weighted by molar-refractivity contribution is -0.258. The first-order valence-corrected chi connectivity index (χ1v) is 15.5. The topological polar surface area (TPSA) is 107 Å². The van der Waals surface area contributed by atoms with E-state index in [1.807, 2.05) is 0 Å². The number of sulfonamides is 2. The Bertz CT molecular complexity index is 1310. The van der Waals surface area contributed by atoms with Crippen molar-refractivity contribution in [2.24, 2.45) is 5.92 Å². The SMILES string of the molecule is CC(C)CS(=O)(=O)NC[C@H]1CN(S(=O)(=O)C2=CC=CCC2=S)CCN1c1ccc([C@@](C)(O)C(F)(F)F)cc1. The molecule has 0 spiro atoms. The Morgan fingerprint density at radius 3 is 2.32 bits per heavy atom. The maximum absolute atomic E-state index is 13.4. The molecule has 1 aliphatic heterocycles. The van der Waals surface area contributed by atoms with Gasteiger partial charge in [0.05, 0.1) is 16.7 Å². The second kappa shape index (κ2) is 11.3. The van der Waals surface area contributed by atoms with Crippen molar-refractivity contribution in [3.8, 4) is 0 Å². The number of alkyl halides is 3. The van der Waals surface area contributed by atoms with Crippen LogP contribution in [0.15, 0.2) is 47.4 Å². The fourth-order valence-electron chi connectivity index (χ4n) is 4.31. The molecule has 2 aliphatic rings. The molecule has 212 valence electrons. The van der Waals surface area contributed by atoms with Gasteiger partial charge in [-0.3, -0.25) is 0 Å². The van der Waals surface area contributed by atoms with Gasteiger partial charge in [0.2, 0.25) is 20.0 Å². The van der Waals surface area contributed by atoms with E-state index in [-0.39, 0.29) is 53.2 Å². The lowest BCUT2D eigenvalue weighted by atomic mass is 9.95. The quantitative estimate of drug-likeness (QED) is 0.423. The van der Waals surface area contributed by atoms with E-state index in [0.717, 1.165) is 12.1 Å². The molecule has 1 heterocycles. The Balaban J connectivity index is 1.90. The number of piperazine rings is 1. The number of hydrogen-bond donors (Lipinski definition) is 2. The van der Waals surface area contributed by atoms with Crippen LogP contribution in [0.3, 0.4) is 0 Å². The Morgan fingerprint density at radius 1 is 1.13 bits per heavy atom. The van der Waals surface area contributed by atoms with Crippen LogP contribution in [0.2, 0.25) is 0 Å². The van der Waals surface area contributed by atoms with Crippen molar-refractivity contribution in [2.45, 2.75) is 45.0 Å². The van der Waals surface area contributed by atoms with E-state index in [9.17, 15) is 35.1 Å². The van der Waals surface area contributed by atoms with Crippen LogP contribution in [0.5, 0.6) is 0 Å². The summed E-state index contributed by atoms with van der Waals surface area (Å²) < 4.78 is 95.4. The zero-order valence-corrected chi connectivity index (χ0v) is 23.7. The minimum atomic E-state index is -4.88. The monoisotopic (exact) mass is 595 g/mol. The van der Waals surface area contributed by atoms with Crippen molar-refractivity contribution in [2.75, 3.05) is 36.8 Å². The summed E-state index contributed by atoms with van der Waals surface area (Å²) in [4.78, 5) is 2.07. The van der Waals surface area contributed by atoms with Gasteiger partial charge >= 0.3 is 6.18 Å². The van der Waals surface area contributed by atoms with Gasteiger partial charge in [-0.05, 0) is 36.6 Å². The third-order valence-electron chi connectivity index (χ3n) is 6.43. The molecule has 1 aromatic rings. The van der Waals surface area contributed by atoms with Crippen molar-refractivity contribution in [1.82, 2.24) is 9.03 Å². The van der Waals surface area contributed by atoms with Crippen LogP contribution in [0.4, 0.5) is 18.9 Å². The van der Waals surface area contributed by atoms with E-state index in [0.29, 0.717) is 19.0 Å². The molecule has 1 saturated heterocycles. The Hall–Kier alpha value is -1.84. The minimum absolute atomic E-state index is 0.0290. The normalized spacial score (nSPS) is 21.5. The number of aliphatic hydroxyl groups is 1. The van der Waals surface area contributed by atoms with E-state index in [4.69, 9.17) is 12.2 Å². The highest BCUT2D eigenvalue weighted by Gasteiger charge is 2.51. The second-order valence-electron chi connectivity index (χ2n) is 9.94.